The Morgan fingerprint density at radius 2 is 1.74 bits per heavy atom. The zero-order valence-corrected chi connectivity index (χ0v) is 29.9. The molecule has 0 aliphatic carbocycles. The van der Waals surface area contributed by atoms with Crippen LogP contribution >= 0.6 is 27.3 Å². The highest BCUT2D eigenvalue weighted by Gasteiger charge is 2.35. The highest BCUT2D eigenvalue weighted by Crippen LogP contribution is 2.38. The summed E-state index contributed by atoms with van der Waals surface area (Å²) >= 11 is 4.84. The highest BCUT2D eigenvalue weighted by atomic mass is 79.9. The molecule has 0 spiro atoms. The number of methoxy groups -OCH3 is 1. The van der Waals surface area contributed by atoms with Crippen LogP contribution in [0.15, 0.2) is 111 Å². The van der Waals surface area contributed by atoms with E-state index < -0.39 is 12.0 Å². The molecule has 0 N–H and O–H groups in total. The molecule has 0 unspecified atom stereocenters. The van der Waals surface area contributed by atoms with Crippen molar-refractivity contribution in [1.82, 2.24) is 4.57 Å². The number of ether oxygens (including phenoxy) is 4. The number of carbonyl (C=O) groups is 1. The van der Waals surface area contributed by atoms with Crippen LogP contribution < -0.4 is 29.1 Å². The maximum atomic E-state index is 14.4. The smallest absolute Gasteiger partial charge is 0.338 e. The van der Waals surface area contributed by atoms with E-state index in [2.05, 4.69) is 22.0 Å². The minimum Gasteiger partial charge on any atom is -0.494 e. The SMILES string of the molecule is CCOC(=O)C1=C(c2ccccc2)N=c2s/c(=C\c3cc(Br)c(OCc4ccccc4C#N)c(OC)c3)c(=O)n2[C@H]1c1ccc(OCC)cc1. The molecule has 9 nitrogen and oxygen atoms in total. The van der Waals surface area contributed by atoms with Crippen molar-refractivity contribution < 1.29 is 23.7 Å². The number of hydrogen-bond donors (Lipinski definition) is 0. The van der Waals surface area contributed by atoms with Gasteiger partial charge < -0.3 is 18.9 Å². The molecule has 1 aliphatic rings. The van der Waals surface area contributed by atoms with E-state index in [1.807, 2.05) is 79.7 Å². The van der Waals surface area contributed by atoms with E-state index in [9.17, 15) is 14.9 Å². The molecular weight excluding hydrogens is 718 g/mol. The molecule has 0 radical (unpaired) electrons. The minimum atomic E-state index is -0.813. The molecule has 6 rings (SSSR count). The Labute approximate surface area is 301 Å². The fraction of sp³-hybridized carbons (Fsp3) is 0.179. The predicted molar refractivity (Wildman–Crippen MR) is 195 cm³/mol. The number of esters is 1. The lowest BCUT2D eigenvalue weighted by molar-refractivity contribution is -0.138. The Morgan fingerprint density at radius 3 is 2.44 bits per heavy atom. The normalized spacial score (nSPS) is 14.0. The summed E-state index contributed by atoms with van der Waals surface area (Å²) in [4.78, 5) is 33.5. The summed E-state index contributed by atoms with van der Waals surface area (Å²) < 4.78 is 25.6. The largest absolute Gasteiger partial charge is 0.494 e. The Balaban J connectivity index is 1.48. The van der Waals surface area contributed by atoms with Crippen LogP contribution in [0.25, 0.3) is 11.8 Å². The van der Waals surface area contributed by atoms with Crippen LogP contribution in [0.1, 0.15) is 47.7 Å². The first kappa shape index (κ1) is 34.4. The lowest BCUT2D eigenvalue weighted by Crippen LogP contribution is -2.40. The summed E-state index contributed by atoms with van der Waals surface area (Å²) in [6.45, 7) is 4.48. The van der Waals surface area contributed by atoms with Gasteiger partial charge in [-0.15, -0.1) is 0 Å². The number of aromatic nitrogens is 1. The topological polar surface area (TPSA) is 112 Å². The Hall–Kier alpha value is -5.44. The number of fused-ring (bicyclic) bond motifs is 1. The third kappa shape index (κ3) is 6.99. The summed E-state index contributed by atoms with van der Waals surface area (Å²) in [6, 6.07) is 29.0. The van der Waals surface area contributed by atoms with E-state index in [1.165, 1.54) is 18.4 Å². The van der Waals surface area contributed by atoms with Crippen molar-refractivity contribution in [1.29, 1.82) is 5.26 Å². The number of nitrogens with zero attached hydrogens (tertiary/aromatic N) is 3. The van der Waals surface area contributed by atoms with Gasteiger partial charge >= 0.3 is 5.97 Å². The van der Waals surface area contributed by atoms with Gasteiger partial charge in [0.1, 0.15) is 12.4 Å². The summed E-state index contributed by atoms with van der Waals surface area (Å²) in [6.07, 6.45) is 1.76. The van der Waals surface area contributed by atoms with Gasteiger partial charge in [-0.3, -0.25) is 9.36 Å². The van der Waals surface area contributed by atoms with Crippen LogP contribution in [0, 0.1) is 11.3 Å². The highest BCUT2D eigenvalue weighted by molar-refractivity contribution is 9.10. The Kier molecular flexibility index (Phi) is 10.6. The van der Waals surface area contributed by atoms with Crippen LogP contribution in [0.5, 0.6) is 17.2 Å². The number of hydrogen-bond acceptors (Lipinski definition) is 9. The van der Waals surface area contributed by atoms with Gasteiger partial charge in [0.05, 0.1) is 58.3 Å². The maximum absolute atomic E-state index is 14.4. The third-order valence-electron chi connectivity index (χ3n) is 7.94. The average Bonchev–Trinajstić information content (AvgIpc) is 3.45. The average molecular weight is 751 g/mol. The standard InChI is InChI=1S/C39H32BrN3O6S/c1-4-47-29-17-15-26(16-18-29)35-33(38(45)48-5-2)34(25-11-7-6-8-12-25)42-39-43(35)37(44)32(50-39)21-24-19-30(40)36(31(20-24)46-3)49-23-28-14-10-9-13-27(28)22-41/h6-21,35H,4-5,23H2,1-3H3/b32-21-/t35-/m0/s1. The Morgan fingerprint density at radius 1 is 1.00 bits per heavy atom. The second-order valence-corrected chi connectivity index (χ2v) is 12.9. The van der Waals surface area contributed by atoms with Crippen molar-refractivity contribution in [3.8, 4) is 23.3 Å². The van der Waals surface area contributed by atoms with Crippen molar-refractivity contribution in [2.45, 2.75) is 26.5 Å². The van der Waals surface area contributed by atoms with Gasteiger partial charge in [-0.05, 0) is 77.3 Å². The van der Waals surface area contributed by atoms with Crippen molar-refractivity contribution >= 4 is 45.0 Å². The monoisotopic (exact) mass is 749 g/mol. The number of thiazole rings is 1. The molecule has 11 heteroatoms. The number of nitriles is 1. The van der Waals surface area contributed by atoms with Gasteiger partial charge in [0.15, 0.2) is 16.3 Å². The van der Waals surface area contributed by atoms with Crippen LogP contribution in [0.2, 0.25) is 0 Å². The summed E-state index contributed by atoms with van der Waals surface area (Å²) in [5.74, 6) is 1.02. The molecule has 1 aliphatic heterocycles. The molecule has 4 aromatic carbocycles. The van der Waals surface area contributed by atoms with E-state index in [1.54, 1.807) is 35.8 Å². The molecule has 5 aromatic rings. The van der Waals surface area contributed by atoms with Crippen LogP contribution in [-0.2, 0) is 16.1 Å². The fourth-order valence-corrected chi connectivity index (χ4v) is 7.26. The second kappa shape index (κ2) is 15.4. The fourth-order valence-electron chi connectivity index (χ4n) is 5.69. The Bertz CT molecular complexity index is 2310. The van der Waals surface area contributed by atoms with Gasteiger partial charge in [0.25, 0.3) is 5.56 Å². The molecule has 0 bridgehead atoms. The van der Waals surface area contributed by atoms with E-state index in [0.717, 1.165) is 11.1 Å². The lowest BCUT2D eigenvalue weighted by Gasteiger charge is -2.26. The van der Waals surface area contributed by atoms with E-state index in [0.29, 0.717) is 60.0 Å². The minimum absolute atomic E-state index is 0.159. The molecule has 0 saturated heterocycles. The van der Waals surface area contributed by atoms with Crippen molar-refractivity contribution in [2.75, 3.05) is 20.3 Å². The summed E-state index contributed by atoms with van der Waals surface area (Å²) in [7, 11) is 1.54. The van der Waals surface area contributed by atoms with E-state index in [-0.39, 0.29) is 24.3 Å². The molecule has 2 heterocycles. The summed E-state index contributed by atoms with van der Waals surface area (Å²) in [5, 5.41) is 9.47. The van der Waals surface area contributed by atoms with Gasteiger partial charge in [-0.25, -0.2) is 9.79 Å². The number of benzene rings is 4. The molecule has 1 atom stereocenters. The third-order valence-corrected chi connectivity index (χ3v) is 9.51. The number of rotatable bonds is 11. The van der Waals surface area contributed by atoms with E-state index >= 15 is 0 Å². The predicted octanol–water partition coefficient (Wildman–Crippen LogP) is 6.56. The zero-order valence-electron chi connectivity index (χ0n) is 27.5. The molecule has 1 aromatic heterocycles. The van der Waals surface area contributed by atoms with Crippen molar-refractivity contribution in [3.05, 3.63) is 149 Å². The number of carbonyl (C=O) groups excluding carboxylic acids is 1. The first-order valence-corrected chi connectivity index (χ1v) is 17.5. The molecule has 50 heavy (non-hydrogen) atoms. The van der Waals surface area contributed by atoms with Crippen LogP contribution in [0.3, 0.4) is 0 Å². The molecule has 252 valence electrons. The van der Waals surface area contributed by atoms with Crippen LogP contribution in [0.4, 0.5) is 0 Å². The quantitative estimate of drug-likeness (QED) is 0.141. The van der Waals surface area contributed by atoms with Gasteiger partial charge in [-0.1, -0.05) is 72.0 Å². The second-order valence-electron chi connectivity index (χ2n) is 11.0. The molecule has 0 saturated carbocycles. The van der Waals surface area contributed by atoms with Gasteiger partial charge in [-0.2, -0.15) is 5.26 Å². The first-order chi connectivity index (χ1) is 24.4. The van der Waals surface area contributed by atoms with Crippen molar-refractivity contribution in [3.63, 3.8) is 0 Å². The lowest BCUT2D eigenvalue weighted by atomic mass is 9.93. The van der Waals surface area contributed by atoms with Crippen molar-refractivity contribution in [2.24, 2.45) is 4.99 Å². The zero-order chi connectivity index (χ0) is 35.2. The molecular formula is C39H32BrN3O6S. The van der Waals surface area contributed by atoms with Crippen LogP contribution in [-0.4, -0.2) is 30.9 Å². The molecule has 0 amide bonds. The van der Waals surface area contributed by atoms with E-state index in [4.69, 9.17) is 23.9 Å². The van der Waals surface area contributed by atoms with Gasteiger partial charge in [0, 0.05) is 11.1 Å². The number of halogens is 1. The summed E-state index contributed by atoms with van der Waals surface area (Å²) in [5.41, 5.74) is 3.78. The molecule has 0 fully saturated rings. The maximum Gasteiger partial charge on any atom is 0.338 e. The van der Waals surface area contributed by atoms with Gasteiger partial charge in [0.2, 0.25) is 0 Å². The first-order valence-electron chi connectivity index (χ1n) is 15.9.